The molecule has 4 nitrogen and oxygen atoms in total. The number of ether oxygens (including phenoxy) is 1. The van der Waals surface area contributed by atoms with Gasteiger partial charge in [-0.05, 0) is 24.0 Å². The summed E-state index contributed by atoms with van der Waals surface area (Å²) in [5.74, 6) is 1.71. The third-order valence-electron chi connectivity index (χ3n) is 4.20. The van der Waals surface area contributed by atoms with Gasteiger partial charge in [-0.15, -0.1) is 0 Å². The first-order chi connectivity index (χ1) is 10.6. The van der Waals surface area contributed by atoms with Crippen LogP contribution in [0.3, 0.4) is 0 Å². The van der Waals surface area contributed by atoms with E-state index in [0.29, 0.717) is 18.2 Å². The molecule has 2 rings (SSSR count). The van der Waals surface area contributed by atoms with Crippen LogP contribution in [0.1, 0.15) is 25.8 Å². The van der Waals surface area contributed by atoms with Crippen LogP contribution in [-0.2, 0) is 11.2 Å². The van der Waals surface area contributed by atoms with Crippen LogP contribution >= 0.6 is 0 Å². The smallest absolute Gasteiger partial charge is 0.222 e. The van der Waals surface area contributed by atoms with Crippen molar-refractivity contribution in [2.75, 3.05) is 39.8 Å². The van der Waals surface area contributed by atoms with Crippen molar-refractivity contribution in [3.8, 4) is 5.75 Å². The van der Waals surface area contributed by atoms with E-state index in [-0.39, 0.29) is 0 Å². The Kier molecular flexibility index (Phi) is 6.25. The number of hydrogen-bond donors (Lipinski definition) is 0. The van der Waals surface area contributed by atoms with Crippen LogP contribution in [-0.4, -0.2) is 55.5 Å². The maximum absolute atomic E-state index is 12.1. The summed E-state index contributed by atoms with van der Waals surface area (Å²) < 4.78 is 5.40. The molecule has 22 heavy (non-hydrogen) atoms. The van der Waals surface area contributed by atoms with Crippen molar-refractivity contribution in [1.29, 1.82) is 0 Å². The predicted molar refractivity (Wildman–Crippen MR) is 89.2 cm³/mol. The van der Waals surface area contributed by atoms with E-state index in [4.69, 9.17) is 4.74 Å². The molecule has 0 saturated carbocycles. The number of amides is 1. The van der Waals surface area contributed by atoms with Gasteiger partial charge in [0.2, 0.25) is 5.91 Å². The van der Waals surface area contributed by atoms with Gasteiger partial charge in [-0.2, -0.15) is 0 Å². The van der Waals surface area contributed by atoms with Crippen molar-refractivity contribution in [2.45, 2.75) is 26.7 Å². The summed E-state index contributed by atoms with van der Waals surface area (Å²) in [4.78, 5) is 16.5. The van der Waals surface area contributed by atoms with Gasteiger partial charge in [0.05, 0.1) is 7.11 Å². The lowest BCUT2D eigenvalue weighted by Crippen LogP contribution is -2.49. The Morgan fingerprint density at radius 1 is 1.18 bits per heavy atom. The number of benzene rings is 1. The maximum atomic E-state index is 12.1. The molecule has 1 saturated heterocycles. The molecule has 0 bridgehead atoms. The summed E-state index contributed by atoms with van der Waals surface area (Å²) in [7, 11) is 1.72. The van der Waals surface area contributed by atoms with Crippen LogP contribution < -0.4 is 4.74 Å². The summed E-state index contributed by atoms with van der Waals surface area (Å²) in [5.41, 5.74) is 1.25. The lowest BCUT2D eigenvalue weighted by molar-refractivity contribution is -0.133. The van der Waals surface area contributed by atoms with Crippen LogP contribution in [0.5, 0.6) is 5.75 Å². The molecule has 0 unspecified atom stereocenters. The maximum Gasteiger partial charge on any atom is 0.222 e. The van der Waals surface area contributed by atoms with Gasteiger partial charge in [-0.25, -0.2) is 0 Å². The molecular weight excluding hydrogens is 276 g/mol. The van der Waals surface area contributed by atoms with E-state index in [0.717, 1.165) is 44.9 Å². The zero-order valence-corrected chi connectivity index (χ0v) is 14.0. The van der Waals surface area contributed by atoms with Crippen molar-refractivity contribution in [3.63, 3.8) is 0 Å². The first-order valence-electron chi connectivity index (χ1n) is 8.22. The molecule has 1 aromatic rings. The van der Waals surface area contributed by atoms with E-state index >= 15 is 0 Å². The molecule has 0 N–H and O–H groups in total. The summed E-state index contributed by atoms with van der Waals surface area (Å²) >= 11 is 0. The first kappa shape index (κ1) is 16.8. The minimum atomic E-state index is 0.305. The molecule has 0 aliphatic carbocycles. The highest BCUT2D eigenvalue weighted by Crippen LogP contribution is 2.18. The Balaban J connectivity index is 1.77. The molecule has 122 valence electrons. The predicted octanol–water partition coefficient (Wildman–Crippen LogP) is 2.43. The van der Waals surface area contributed by atoms with E-state index in [2.05, 4.69) is 30.9 Å². The van der Waals surface area contributed by atoms with E-state index in [1.807, 2.05) is 17.0 Å². The monoisotopic (exact) mass is 304 g/mol. The molecule has 0 radical (unpaired) electrons. The van der Waals surface area contributed by atoms with E-state index < -0.39 is 0 Å². The molecular formula is C18H28N2O2. The average Bonchev–Trinajstić information content (AvgIpc) is 2.53. The Labute approximate surface area is 134 Å². The first-order valence-corrected chi connectivity index (χ1v) is 8.22. The minimum absolute atomic E-state index is 0.305. The van der Waals surface area contributed by atoms with Gasteiger partial charge >= 0.3 is 0 Å². The number of carbonyl (C=O) groups is 1. The zero-order chi connectivity index (χ0) is 15.9. The summed E-state index contributed by atoms with van der Waals surface area (Å²) in [6.45, 7) is 8.88. The lowest BCUT2D eigenvalue weighted by atomic mass is 10.1. The molecule has 0 spiro atoms. The fraction of sp³-hybridized carbons (Fsp3) is 0.611. The molecule has 1 heterocycles. The van der Waals surface area contributed by atoms with Crippen molar-refractivity contribution in [1.82, 2.24) is 9.80 Å². The number of methoxy groups -OCH3 is 1. The average molecular weight is 304 g/mol. The van der Waals surface area contributed by atoms with E-state index in [1.165, 1.54) is 5.56 Å². The highest BCUT2D eigenvalue weighted by molar-refractivity contribution is 5.76. The van der Waals surface area contributed by atoms with Crippen LogP contribution in [0.15, 0.2) is 24.3 Å². The Bertz CT molecular complexity index is 480. The second kappa shape index (κ2) is 8.18. The molecule has 0 atom stereocenters. The van der Waals surface area contributed by atoms with Gasteiger partial charge in [0.1, 0.15) is 5.75 Å². The zero-order valence-electron chi connectivity index (χ0n) is 14.0. The van der Waals surface area contributed by atoms with Crippen molar-refractivity contribution in [3.05, 3.63) is 29.8 Å². The fourth-order valence-corrected chi connectivity index (χ4v) is 2.89. The second-order valence-electron chi connectivity index (χ2n) is 6.38. The normalized spacial score (nSPS) is 16.1. The number of rotatable bonds is 6. The standard InChI is InChI=1S/C18H28N2O2/c1-15(2)14-18(21)20-12-10-19(11-13-20)9-8-16-6-4-5-7-17(16)22-3/h4-7,15H,8-14H2,1-3H3. The second-order valence-corrected chi connectivity index (χ2v) is 6.38. The van der Waals surface area contributed by atoms with Gasteiger partial charge < -0.3 is 9.64 Å². The van der Waals surface area contributed by atoms with Crippen LogP contribution in [0.25, 0.3) is 0 Å². The van der Waals surface area contributed by atoms with Crippen LogP contribution in [0, 0.1) is 5.92 Å². The quantitative estimate of drug-likeness (QED) is 0.809. The lowest BCUT2D eigenvalue weighted by Gasteiger charge is -2.35. The molecule has 1 aromatic carbocycles. The largest absolute Gasteiger partial charge is 0.496 e. The SMILES string of the molecule is COc1ccccc1CCN1CCN(C(=O)CC(C)C)CC1. The number of piperazine rings is 1. The number of para-hydroxylation sites is 1. The van der Waals surface area contributed by atoms with Gasteiger partial charge in [0, 0.05) is 39.1 Å². The molecule has 4 heteroatoms. The van der Waals surface area contributed by atoms with Crippen molar-refractivity contribution < 1.29 is 9.53 Å². The summed E-state index contributed by atoms with van der Waals surface area (Å²) in [5, 5.41) is 0. The van der Waals surface area contributed by atoms with Crippen molar-refractivity contribution in [2.24, 2.45) is 5.92 Å². The van der Waals surface area contributed by atoms with Crippen molar-refractivity contribution >= 4 is 5.91 Å². The number of hydrogen-bond acceptors (Lipinski definition) is 3. The Hall–Kier alpha value is -1.55. The molecule has 1 aliphatic rings. The van der Waals surface area contributed by atoms with Gasteiger partial charge in [0.15, 0.2) is 0 Å². The molecule has 1 aliphatic heterocycles. The summed E-state index contributed by atoms with van der Waals surface area (Å²) in [6, 6.07) is 8.20. The Morgan fingerprint density at radius 3 is 2.50 bits per heavy atom. The molecule has 1 amide bonds. The van der Waals surface area contributed by atoms with E-state index in [9.17, 15) is 4.79 Å². The fourth-order valence-electron chi connectivity index (χ4n) is 2.89. The van der Waals surface area contributed by atoms with Gasteiger partial charge in [-0.3, -0.25) is 9.69 Å². The highest BCUT2D eigenvalue weighted by atomic mass is 16.5. The third-order valence-corrected chi connectivity index (χ3v) is 4.20. The Morgan fingerprint density at radius 2 is 1.86 bits per heavy atom. The summed E-state index contributed by atoms with van der Waals surface area (Å²) in [6.07, 6.45) is 1.66. The molecule has 0 aromatic heterocycles. The number of carbonyl (C=O) groups excluding carboxylic acids is 1. The minimum Gasteiger partial charge on any atom is -0.496 e. The number of nitrogens with zero attached hydrogens (tertiary/aromatic N) is 2. The van der Waals surface area contributed by atoms with Crippen LogP contribution in [0.2, 0.25) is 0 Å². The topological polar surface area (TPSA) is 32.8 Å². The van der Waals surface area contributed by atoms with Crippen LogP contribution in [0.4, 0.5) is 0 Å². The van der Waals surface area contributed by atoms with Gasteiger partial charge in [-0.1, -0.05) is 32.0 Å². The van der Waals surface area contributed by atoms with Gasteiger partial charge in [0.25, 0.3) is 0 Å². The highest BCUT2D eigenvalue weighted by Gasteiger charge is 2.21. The van der Waals surface area contributed by atoms with E-state index in [1.54, 1.807) is 7.11 Å². The third kappa shape index (κ3) is 4.73. The molecule has 1 fully saturated rings.